The minimum absolute atomic E-state index is 0.0326. The van der Waals surface area contributed by atoms with Gasteiger partial charge in [-0.1, -0.05) is 59.7 Å². The van der Waals surface area contributed by atoms with Gasteiger partial charge in [-0.25, -0.2) is 21.9 Å². The molecule has 1 amide bonds. The van der Waals surface area contributed by atoms with E-state index in [0.29, 0.717) is 11.3 Å². The van der Waals surface area contributed by atoms with E-state index in [0.717, 1.165) is 22.5 Å². The highest BCUT2D eigenvalue weighted by Crippen LogP contribution is 2.43. The molecule has 0 saturated carbocycles. The minimum atomic E-state index is -4.43. The molecule has 40 heavy (non-hydrogen) atoms. The topological polar surface area (TPSA) is 84.0 Å². The molecule has 9 heteroatoms. The van der Waals surface area contributed by atoms with Crippen molar-refractivity contribution in [3.05, 3.63) is 125 Å². The van der Waals surface area contributed by atoms with Gasteiger partial charge in [0, 0.05) is 5.69 Å². The molecule has 2 atom stereocenters. The third-order valence-electron chi connectivity index (χ3n) is 6.96. The maximum atomic E-state index is 14.4. The smallest absolute Gasteiger partial charge is 0.332 e. The Balaban J connectivity index is 1.87. The van der Waals surface area contributed by atoms with Crippen LogP contribution in [0.3, 0.4) is 0 Å². The third-order valence-corrected chi connectivity index (χ3v) is 8.77. The Bertz CT molecular complexity index is 1670. The van der Waals surface area contributed by atoms with Crippen LogP contribution in [0.25, 0.3) is 0 Å². The molecule has 0 radical (unpaired) electrons. The van der Waals surface area contributed by atoms with E-state index in [1.54, 1.807) is 36.4 Å². The normalized spacial score (nSPS) is 17.2. The number of anilines is 2. The maximum absolute atomic E-state index is 14.4. The van der Waals surface area contributed by atoms with Crippen LogP contribution in [0.5, 0.6) is 0 Å². The van der Waals surface area contributed by atoms with Crippen LogP contribution in [0.4, 0.5) is 15.8 Å². The van der Waals surface area contributed by atoms with E-state index in [1.165, 1.54) is 53.4 Å². The van der Waals surface area contributed by atoms with Crippen molar-refractivity contribution in [2.75, 3.05) is 16.3 Å². The second-order valence-electron chi connectivity index (χ2n) is 9.61. The molecule has 204 valence electrons. The molecular formula is C31H27FN2O5S. The zero-order valence-electron chi connectivity index (χ0n) is 22.1. The van der Waals surface area contributed by atoms with Gasteiger partial charge >= 0.3 is 5.97 Å². The first-order valence-electron chi connectivity index (χ1n) is 12.6. The van der Waals surface area contributed by atoms with Crippen LogP contribution in [0.15, 0.2) is 102 Å². The number of methoxy groups -OCH3 is 1. The average Bonchev–Trinajstić information content (AvgIpc) is 3.07. The molecule has 0 unspecified atom stereocenters. The van der Waals surface area contributed by atoms with Gasteiger partial charge in [0.05, 0.1) is 29.3 Å². The summed E-state index contributed by atoms with van der Waals surface area (Å²) in [7, 11) is -3.26. The van der Waals surface area contributed by atoms with Crippen molar-refractivity contribution in [2.45, 2.75) is 30.8 Å². The molecule has 0 aromatic heterocycles. The highest BCUT2D eigenvalue weighted by atomic mass is 32.2. The van der Waals surface area contributed by atoms with Crippen molar-refractivity contribution < 1.29 is 27.1 Å². The SMILES string of the molecule is COC(=O)[C@H]1[C@H](c2ccc(F)cc2)N(c2ccc(C)cc2)C(=O)c2ccccc2N1S(=O)(=O)c1ccc(C)cc1. The van der Waals surface area contributed by atoms with Crippen LogP contribution in [-0.2, 0) is 19.6 Å². The van der Waals surface area contributed by atoms with Crippen LogP contribution < -0.4 is 9.21 Å². The molecule has 0 saturated heterocycles. The van der Waals surface area contributed by atoms with Gasteiger partial charge in [-0.05, 0) is 67.9 Å². The molecule has 4 aromatic rings. The molecule has 0 N–H and O–H groups in total. The zero-order chi connectivity index (χ0) is 28.6. The molecule has 1 aliphatic heterocycles. The van der Waals surface area contributed by atoms with E-state index in [2.05, 4.69) is 0 Å². The summed E-state index contributed by atoms with van der Waals surface area (Å²) in [5, 5.41) is 0. The van der Waals surface area contributed by atoms with Crippen LogP contribution in [0.1, 0.15) is 33.1 Å². The summed E-state index contributed by atoms with van der Waals surface area (Å²) in [5.74, 6) is -1.93. The van der Waals surface area contributed by atoms with Crippen molar-refractivity contribution in [2.24, 2.45) is 0 Å². The predicted molar refractivity (Wildman–Crippen MR) is 150 cm³/mol. The number of benzene rings is 4. The number of rotatable bonds is 5. The Morgan fingerprint density at radius 3 is 2.00 bits per heavy atom. The number of ether oxygens (including phenoxy) is 1. The molecule has 0 spiro atoms. The average molecular weight is 559 g/mol. The van der Waals surface area contributed by atoms with Gasteiger partial charge in [-0.2, -0.15) is 0 Å². The number of para-hydroxylation sites is 1. The monoisotopic (exact) mass is 558 g/mol. The molecule has 0 fully saturated rings. The Labute approximate surface area is 232 Å². The molecule has 5 rings (SSSR count). The number of halogens is 1. The van der Waals surface area contributed by atoms with E-state index >= 15 is 0 Å². The quantitative estimate of drug-likeness (QED) is 0.299. The highest BCUT2D eigenvalue weighted by Gasteiger charge is 2.50. The van der Waals surface area contributed by atoms with Crippen molar-refractivity contribution in [3.8, 4) is 0 Å². The number of carbonyl (C=O) groups is 2. The Hall–Kier alpha value is -4.50. The van der Waals surface area contributed by atoms with Gasteiger partial charge in [-0.15, -0.1) is 0 Å². The van der Waals surface area contributed by atoms with Crippen molar-refractivity contribution >= 4 is 33.3 Å². The van der Waals surface area contributed by atoms with Crippen molar-refractivity contribution in [1.82, 2.24) is 0 Å². The van der Waals surface area contributed by atoms with Gasteiger partial charge in [0.15, 0.2) is 6.04 Å². The second kappa shape index (κ2) is 10.6. The molecule has 1 heterocycles. The summed E-state index contributed by atoms with van der Waals surface area (Å²) in [4.78, 5) is 29.4. The van der Waals surface area contributed by atoms with Crippen molar-refractivity contribution in [3.63, 3.8) is 0 Å². The standard InChI is InChI=1S/C31H27FN2O5S/c1-20-8-16-24(17-9-20)33-28(22-12-14-23(32)15-13-22)29(31(36)39-3)34(27-7-5-4-6-26(27)30(33)35)40(37,38)25-18-10-21(2)11-19-25/h4-19,28-29H,1-3H3/t28-,29+/m0/s1. The summed E-state index contributed by atoms with van der Waals surface area (Å²) in [6.45, 7) is 3.73. The molecule has 7 nitrogen and oxygen atoms in total. The zero-order valence-corrected chi connectivity index (χ0v) is 22.9. The molecule has 0 bridgehead atoms. The van der Waals surface area contributed by atoms with Gasteiger partial charge in [0.2, 0.25) is 0 Å². The fourth-order valence-electron chi connectivity index (χ4n) is 4.94. The summed E-state index contributed by atoms with van der Waals surface area (Å²) in [6, 6.07) is 22.1. The summed E-state index contributed by atoms with van der Waals surface area (Å²) >= 11 is 0. The molecule has 4 aromatic carbocycles. The lowest BCUT2D eigenvalue weighted by Crippen LogP contribution is -2.53. The first-order valence-corrected chi connectivity index (χ1v) is 14.0. The number of carbonyl (C=O) groups excluding carboxylic acids is 2. The van der Waals surface area contributed by atoms with Gasteiger partial charge < -0.3 is 4.74 Å². The van der Waals surface area contributed by atoms with Crippen molar-refractivity contribution in [1.29, 1.82) is 0 Å². The highest BCUT2D eigenvalue weighted by molar-refractivity contribution is 7.93. The number of aryl methyl sites for hydroxylation is 2. The van der Waals surface area contributed by atoms with Crippen LogP contribution in [0, 0.1) is 19.7 Å². The predicted octanol–water partition coefficient (Wildman–Crippen LogP) is 5.58. The number of sulfonamides is 1. The van der Waals surface area contributed by atoms with E-state index < -0.39 is 39.8 Å². The third kappa shape index (κ3) is 4.73. The number of esters is 1. The number of hydrogen-bond donors (Lipinski definition) is 0. The number of amides is 1. The van der Waals surface area contributed by atoms with E-state index in [9.17, 15) is 22.4 Å². The lowest BCUT2D eigenvalue weighted by atomic mass is 9.96. The van der Waals surface area contributed by atoms with Gasteiger partial charge in [0.1, 0.15) is 5.82 Å². The van der Waals surface area contributed by atoms with E-state index in [1.807, 2.05) is 26.0 Å². The summed E-state index contributed by atoms with van der Waals surface area (Å²) in [6.07, 6.45) is 0. The lowest BCUT2D eigenvalue weighted by molar-refractivity contribution is -0.142. The lowest BCUT2D eigenvalue weighted by Gasteiger charge is -2.38. The number of fused-ring (bicyclic) bond motifs is 1. The van der Waals surface area contributed by atoms with Crippen LogP contribution in [0.2, 0.25) is 0 Å². The Morgan fingerprint density at radius 1 is 0.825 bits per heavy atom. The maximum Gasteiger partial charge on any atom is 0.332 e. The van der Waals surface area contributed by atoms with Crippen LogP contribution in [-0.4, -0.2) is 33.4 Å². The first kappa shape index (κ1) is 27.1. The molecule has 0 aliphatic carbocycles. The summed E-state index contributed by atoms with van der Waals surface area (Å²) in [5.41, 5.74) is 2.69. The fourth-order valence-corrected chi connectivity index (χ4v) is 6.57. The number of hydrogen-bond acceptors (Lipinski definition) is 5. The largest absolute Gasteiger partial charge is 0.467 e. The number of nitrogens with zero attached hydrogens (tertiary/aromatic N) is 2. The second-order valence-corrected chi connectivity index (χ2v) is 11.4. The fraction of sp³-hybridized carbons (Fsp3) is 0.161. The van der Waals surface area contributed by atoms with E-state index in [4.69, 9.17) is 4.74 Å². The van der Waals surface area contributed by atoms with Gasteiger partial charge in [0.25, 0.3) is 15.9 Å². The molecule has 1 aliphatic rings. The Kier molecular flexibility index (Phi) is 7.16. The van der Waals surface area contributed by atoms with E-state index in [-0.39, 0.29) is 16.1 Å². The minimum Gasteiger partial charge on any atom is -0.467 e. The van der Waals surface area contributed by atoms with Gasteiger partial charge in [-0.3, -0.25) is 9.69 Å². The van der Waals surface area contributed by atoms with Crippen LogP contribution >= 0.6 is 0 Å². The molecular weight excluding hydrogens is 531 g/mol. The Morgan fingerprint density at radius 2 is 1.40 bits per heavy atom. The summed E-state index contributed by atoms with van der Waals surface area (Å²) < 4.78 is 49.0. The first-order chi connectivity index (χ1) is 19.1.